The summed E-state index contributed by atoms with van der Waals surface area (Å²) < 4.78 is 2.21. The van der Waals surface area contributed by atoms with Crippen molar-refractivity contribution in [3.8, 4) is 0 Å². The number of aromatic nitrogens is 3. The zero-order chi connectivity index (χ0) is 17.9. The summed E-state index contributed by atoms with van der Waals surface area (Å²) in [5, 5.41) is 18.0. The average molecular weight is 355 g/mol. The van der Waals surface area contributed by atoms with E-state index in [1.165, 1.54) is 0 Å². The van der Waals surface area contributed by atoms with Crippen LogP contribution in [0.1, 0.15) is 34.3 Å². The molecular weight excluding hydrogens is 330 g/mol. The maximum absolute atomic E-state index is 12.7. The van der Waals surface area contributed by atoms with E-state index in [4.69, 9.17) is 5.11 Å². The molecule has 26 heavy (non-hydrogen) atoms. The third-order valence-electron chi connectivity index (χ3n) is 5.42. The van der Waals surface area contributed by atoms with Crippen LogP contribution >= 0.6 is 0 Å². The Bertz CT molecular complexity index is 761. The van der Waals surface area contributed by atoms with Gasteiger partial charge in [-0.3, -0.25) is 4.79 Å². The Balaban J connectivity index is 1.46. The summed E-state index contributed by atoms with van der Waals surface area (Å²) in [4.78, 5) is 16.9. The molecule has 1 aromatic heterocycles. The minimum Gasteiger partial charge on any atom is -0.395 e. The number of rotatable bonds is 4. The van der Waals surface area contributed by atoms with Crippen LogP contribution in [-0.4, -0.2) is 74.9 Å². The third-order valence-corrected chi connectivity index (χ3v) is 5.42. The molecule has 7 nitrogen and oxygen atoms in total. The zero-order valence-electron chi connectivity index (χ0n) is 14.9. The lowest BCUT2D eigenvalue weighted by Gasteiger charge is -2.20. The van der Waals surface area contributed by atoms with Gasteiger partial charge in [-0.1, -0.05) is 18.2 Å². The molecule has 0 aliphatic carbocycles. The molecule has 138 valence electrons. The topological polar surface area (TPSA) is 74.5 Å². The Morgan fingerprint density at radius 2 is 1.96 bits per heavy atom. The number of fused-ring (bicyclic) bond motifs is 1. The average Bonchev–Trinajstić information content (AvgIpc) is 3.24. The van der Waals surface area contributed by atoms with Crippen LogP contribution < -0.4 is 0 Å². The standard InChI is InChI=1S/C19H25N5O2/c25-13-12-22-8-6-16(14-22)18-21-20-17-7-9-23(10-11-24(17)18)19(26)15-4-2-1-3-5-15/h1-5,16,25H,6-14H2. The van der Waals surface area contributed by atoms with E-state index in [0.717, 1.165) is 56.2 Å². The first-order valence-electron chi connectivity index (χ1n) is 9.36. The quantitative estimate of drug-likeness (QED) is 0.876. The van der Waals surface area contributed by atoms with Gasteiger partial charge in [-0.25, -0.2) is 0 Å². The van der Waals surface area contributed by atoms with Gasteiger partial charge in [-0.2, -0.15) is 0 Å². The molecule has 0 radical (unpaired) electrons. The molecule has 4 rings (SSSR count). The molecule has 1 atom stereocenters. The van der Waals surface area contributed by atoms with Crippen LogP contribution in [0.4, 0.5) is 0 Å². The summed E-state index contributed by atoms with van der Waals surface area (Å²) in [5.74, 6) is 2.46. The predicted molar refractivity (Wildman–Crippen MR) is 97.0 cm³/mol. The minimum atomic E-state index is 0.0841. The molecule has 0 saturated carbocycles. The van der Waals surface area contributed by atoms with Gasteiger partial charge in [-0.15, -0.1) is 10.2 Å². The van der Waals surface area contributed by atoms with E-state index in [0.29, 0.717) is 19.0 Å². The number of carbonyl (C=O) groups is 1. The van der Waals surface area contributed by atoms with Crippen molar-refractivity contribution >= 4 is 5.91 Å². The Hall–Kier alpha value is -2.25. The fraction of sp³-hybridized carbons (Fsp3) is 0.526. The molecule has 0 spiro atoms. The Labute approximate surface area is 153 Å². The molecule has 1 amide bonds. The van der Waals surface area contributed by atoms with E-state index in [-0.39, 0.29) is 12.5 Å². The van der Waals surface area contributed by atoms with E-state index in [2.05, 4.69) is 19.7 Å². The highest BCUT2D eigenvalue weighted by atomic mass is 16.3. The number of benzene rings is 1. The van der Waals surface area contributed by atoms with Crippen molar-refractivity contribution in [2.24, 2.45) is 0 Å². The van der Waals surface area contributed by atoms with E-state index >= 15 is 0 Å². The molecule has 2 aromatic rings. The number of hydrogen-bond donors (Lipinski definition) is 1. The normalized spacial score (nSPS) is 20.8. The van der Waals surface area contributed by atoms with Gasteiger partial charge in [0, 0.05) is 50.6 Å². The number of nitrogens with zero attached hydrogens (tertiary/aromatic N) is 5. The molecule has 1 fully saturated rings. The lowest BCUT2D eigenvalue weighted by atomic mass is 10.1. The van der Waals surface area contributed by atoms with Gasteiger partial charge in [-0.05, 0) is 25.1 Å². The first kappa shape index (κ1) is 17.2. The van der Waals surface area contributed by atoms with E-state index in [1.807, 2.05) is 35.2 Å². The number of likely N-dealkylation sites (tertiary alicyclic amines) is 1. The molecular formula is C19H25N5O2. The van der Waals surface area contributed by atoms with Crippen LogP contribution in [0.2, 0.25) is 0 Å². The second kappa shape index (κ2) is 7.55. The van der Waals surface area contributed by atoms with Crippen LogP contribution in [0.5, 0.6) is 0 Å². The van der Waals surface area contributed by atoms with Crippen molar-refractivity contribution in [2.45, 2.75) is 25.3 Å². The van der Waals surface area contributed by atoms with Crippen LogP contribution in [0, 0.1) is 0 Å². The van der Waals surface area contributed by atoms with Crippen molar-refractivity contribution in [1.82, 2.24) is 24.6 Å². The number of aliphatic hydroxyl groups excluding tert-OH is 1. The number of carbonyl (C=O) groups excluding carboxylic acids is 1. The monoisotopic (exact) mass is 355 g/mol. The second-order valence-electron chi connectivity index (χ2n) is 7.04. The highest BCUT2D eigenvalue weighted by molar-refractivity contribution is 5.94. The zero-order valence-corrected chi connectivity index (χ0v) is 14.9. The van der Waals surface area contributed by atoms with Crippen LogP contribution in [0.3, 0.4) is 0 Å². The number of aliphatic hydroxyl groups is 1. The van der Waals surface area contributed by atoms with Crippen LogP contribution in [-0.2, 0) is 13.0 Å². The number of amides is 1. The van der Waals surface area contributed by atoms with Crippen LogP contribution in [0.25, 0.3) is 0 Å². The maximum Gasteiger partial charge on any atom is 0.253 e. The minimum absolute atomic E-state index is 0.0841. The molecule has 2 aliphatic rings. The summed E-state index contributed by atoms with van der Waals surface area (Å²) in [7, 11) is 0. The van der Waals surface area contributed by atoms with Gasteiger partial charge >= 0.3 is 0 Å². The Morgan fingerprint density at radius 1 is 1.12 bits per heavy atom. The van der Waals surface area contributed by atoms with Crippen molar-refractivity contribution < 1.29 is 9.90 Å². The fourth-order valence-electron chi connectivity index (χ4n) is 4.00. The summed E-state index contributed by atoms with van der Waals surface area (Å²) >= 11 is 0. The van der Waals surface area contributed by atoms with E-state index in [9.17, 15) is 4.79 Å². The third kappa shape index (κ3) is 3.37. The summed E-state index contributed by atoms with van der Waals surface area (Å²) in [6.45, 7) is 4.92. The largest absolute Gasteiger partial charge is 0.395 e. The Kier molecular flexibility index (Phi) is 4.99. The van der Waals surface area contributed by atoms with Crippen molar-refractivity contribution in [2.75, 3.05) is 39.3 Å². The number of hydrogen-bond acceptors (Lipinski definition) is 5. The van der Waals surface area contributed by atoms with Gasteiger partial charge < -0.3 is 19.5 Å². The van der Waals surface area contributed by atoms with Crippen molar-refractivity contribution in [1.29, 1.82) is 0 Å². The van der Waals surface area contributed by atoms with Crippen LogP contribution in [0.15, 0.2) is 30.3 Å². The first-order chi connectivity index (χ1) is 12.8. The predicted octanol–water partition coefficient (Wildman–Crippen LogP) is 0.758. The SMILES string of the molecule is O=C(c1ccccc1)N1CCc2nnc(C3CCN(CCO)C3)n2CC1. The highest BCUT2D eigenvalue weighted by Gasteiger charge is 2.30. The van der Waals surface area contributed by atoms with Crippen molar-refractivity contribution in [3.05, 3.63) is 47.5 Å². The summed E-state index contributed by atoms with van der Waals surface area (Å²) in [5.41, 5.74) is 0.737. The smallest absolute Gasteiger partial charge is 0.253 e. The molecule has 1 N–H and O–H groups in total. The number of β-amino-alcohol motifs (C(OH)–C–C–N with tert-alkyl or cyclic N) is 1. The van der Waals surface area contributed by atoms with E-state index in [1.54, 1.807) is 0 Å². The van der Waals surface area contributed by atoms with Gasteiger partial charge in [0.2, 0.25) is 0 Å². The fourth-order valence-corrected chi connectivity index (χ4v) is 4.00. The molecule has 2 aliphatic heterocycles. The summed E-state index contributed by atoms with van der Waals surface area (Å²) in [6, 6.07) is 9.46. The molecule has 3 heterocycles. The van der Waals surface area contributed by atoms with Crippen molar-refractivity contribution in [3.63, 3.8) is 0 Å². The Morgan fingerprint density at radius 3 is 2.77 bits per heavy atom. The second-order valence-corrected chi connectivity index (χ2v) is 7.04. The summed E-state index contributed by atoms with van der Waals surface area (Å²) in [6.07, 6.45) is 1.78. The lowest BCUT2D eigenvalue weighted by molar-refractivity contribution is 0.0758. The lowest BCUT2D eigenvalue weighted by Crippen LogP contribution is -2.33. The molecule has 1 unspecified atom stereocenters. The van der Waals surface area contributed by atoms with Gasteiger partial charge in [0.25, 0.3) is 5.91 Å². The van der Waals surface area contributed by atoms with Gasteiger partial charge in [0.1, 0.15) is 11.6 Å². The van der Waals surface area contributed by atoms with Gasteiger partial charge in [0.05, 0.1) is 6.61 Å². The molecule has 7 heteroatoms. The maximum atomic E-state index is 12.7. The molecule has 1 aromatic carbocycles. The van der Waals surface area contributed by atoms with E-state index < -0.39 is 0 Å². The highest BCUT2D eigenvalue weighted by Crippen LogP contribution is 2.27. The molecule has 1 saturated heterocycles. The van der Waals surface area contributed by atoms with Gasteiger partial charge in [0.15, 0.2) is 0 Å². The molecule has 0 bridgehead atoms. The first-order valence-corrected chi connectivity index (χ1v) is 9.36.